The Labute approximate surface area is 245 Å². The van der Waals surface area contributed by atoms with E-state index in [9.17, 15) is 19.2 Å². The predicted molar refractivity (Wildman–Crippen MR) is 159 cm³/mol. The molecule has 2 unspecified atom stereocenters. The second kappa shape index (κ2) is 15.3. The van der Waals surface area contributed by atoms with Crippen LogP contribution in [0.3, 0.4) is 0 Å². The summed E-state index contributed by atoms with van der Waals surface area (Å²) in [4.78, 5) is 49.3. The molecule has 4 amide bonds. The molecular formula is C30H34CoN6O4. The van der Waals surface area contributed by atoms with E-state index in [1.54, 1.807) is 48.5 Å². The fraction of sp³-hybridized carbons (Fsp3) is 0.233. The number of benzene rings is 3. The number of nitrogens with two attached hydrogens (primary N) is 1. The van der Waals surface area contributed by atoms with Crippen molar-refractivity contribution in [3.05, 3.63) is 84.4 Å². The molecule has 0 aliphatic carbocycles. The van der Waals surface area contributed by atoms with Gasteiger partial charge in [0, 0.05) is 5.69 Å². The number of nitrogens with one attached hydrogen (secondary N) is 4. The molecule has 3 aromatic carbocycles. The predicted octanol–water partition coefficient (Wildman–Crippen LogP) is 5.40. The Balaban J connectivity index is 1.60. The molecule has 6 N–H and O–H groups in total. The fourth-order valence-corrected chi connectivity index (χ4v) is 5.29. The molecular weight excluding hydrogens is 567 g/mol. The van der Waals surface area contributed by atoms with Gasteiger partial charge in [0.05, 0.1) is 5.69 Å². The molecule has 41 heavy (non-hydrogen) atoms. The molecule has 0 aliphatic rings. The number of hydrazone groups is 1. The first-order chi connectivity index (χ1) is 19.7. The second-order valence-electron chi connectivity index (χ2n) is 9.15. The standard InChI is InChI=1S/C21H23N6O4.C9H11.Co/c1-12(2)19(29)23-14-6-4-7-15(10-14)24-20(30)18(13(3)28)27-26-17-9-5-8-16(11-17)25-21(22)31;1-2-6-9-7-4-3-5-8-9;/h4-12,26H,1H2,2-3H3,(H,23,29)(H,24,30)(H3,22,25,31);3-8H,2H2,1H3;/b27-18-;;. The van der Waals surface area contributed by atoms with Crippen LogP contribution in [0.15, 0.2) is 84.0 Å². The van der Waals surface area contributed by atoms with E-state index in [0.29, 0.717) is 33.0 Å². The van der Waals surface area contributed by atoms with Gasteiger partial charge in [0.15, 0.2) is 0 Å². The van der Waals surface area contributed by atoms with Gasteiger partial charge in [-0.2, -0.15) is 0 Å². The molecule has 217 valence electrons. The second-order valence-corrected chi connectivity index (χ2v) is 10.7. The molecule has 2 atom stereocenters. The number of rotatable bonds is 13. The molecule has 3 aromatic rings. The van der Waals surface area contributed by atoms with Gasteiger partial charge in [0.25, 0.3) is 0 Å². The minimum atomic E-state index is -0.727. The van der Waals surface area contributed by atoms with Crippen LogP contribution in [0.4, 0.5) is 27.5 Å². The average molecular weight is 602 g/mol. The molecule has 0 saturated carbocycles. The van der Waals surface area contributed by atoms with Gasteiger partial charge >= 0.3 is 194 Å². The van der Waals surface area contributed by atoms with Crippen molar-refractivity contribution >= 4 is 52.1 Å². The molecule has 11 heteroatoms. The summed E-state index contributed by atoms with van der Waals surface area (Å²) in [6.07, 6.45) is 0.986. The first-order valence-electron chi connectivity index (χ1n) is 13.0. The van der Waals surface area contributed by atoms with Crippen LogP contribution in [0, 0.1) is 5.92 Å². The fourth-order valence-electron chi connectivity index (χ4n) is 3.69. The zero-order valence-electron chi connectivity index (χ0n) is 23.1. The maximum atomic E-state index is 12.9. The van der Waals surface area contributed by atoms with Crippen molar-refractivity contribution in [2.75, 3.05) is 21.4 Å². The number of hydrogen-bond donors (Lipinski definition) is 5. The van der Waals surface area contributed by atoms with Crippen molar-refractivity contribution in [3.8, 4) is 0 Å². The van der Waals surface area contributed by atoms with Gasteiger partial charge in [0.1, 0.15) is 0 Å². The number of urea groups is 1. The number of anilines is 4. The van der Waals surface area contributed by atoms with Gasteiger partial charge in [-0.1, -0.05) is 6.07 Å². The maximum absolute atomic E-state index is 12.9. The Bertz CT molecular complexity index is 1410. The van der Waals surface area contributed by atoms with E-state index in [1.165, 1.54) is 27.2 Å². The van der Waals surface area contributed by atoms with Crippen LogP contribution < -0.4 is 27.1 Å². The third kappa shape index (κ3) is 9.89. The van der Waals surface area contributed by atoms with Gasteiger partial charge < -0.3 is 11.1 Å². The van der Waals surface area contributed by atoms with E-state index in [2.05, 4.69) is 45.5 Å². The first-order valence-corrected chi connectivity index (χ1v) is 14.3. The number of nitrogens with zero attached hydrogens (tertiary/aromatic N) is 1. The number of hydrogen-bond acceptors (Lipinski definition) is 6. The number of ketones is 1. The number of amides is 4. The van der Waals surface area contributed by atoms with Crippen molar-refractivity contribution in [2.24, 2.45) is 16.8 Å². The van der Waals surface area contributed by atoms with E-state index in [0.717, 1.165) is 6.42 Å². The van der Waals surface area contributed by atoms with Crippen LogP contribution in [-0.2, 0) is 29.1 Å². The molecule has 0 spiro atoms. The summed E-state index contributed by atoms with van der Waals surface area (Å²) in [5.41, 5.74) is 10.4. The number of primary amides is 1. The van der Waals surface area contributed by atoms with Crippen molar-refractivity contribution in [2.45, 2.75) is 37.4 Å². The molecule has 0 saturated heterocycles. The summed E-state index contributed by atoms with van der Waals surface area (Å²) in [6, 6.07) is 22.7. The Morgan fingerprint density at radius 1 is 0.829 bits per heavy atom. The number of carbonyl (C=O) groups is 4. The normalized spacial score (nSPS) is 12.6. The number of Topliss-reactive ketones (excluding diaryl/α,β-unsaturated/α-hetero) is 1. The zero-order chi connectivity index (χ0) is 29.8. The molecule has 10 nitrogen and oxygen atoms in total. The van der Waals surface area contributed by atoms with Gasteiger partial charge in [-0.25, -0.2) is 4.79 Å². The summed E-state index contributed by atoms with van der Waals surface area (Å²) in [7, 11) is 0. The van der Waals surface area contributed by atoms with Crippen molar-refractivity contribution in [1.29, 1.82) is 0 Å². The third-order valence-corrected chi connectivity index (χ3v) is 7.91. The summed E-state index contributed by atoms with van der Waals surface area (Å²) < 4.78 is 0. The number of carbonyl (C=O) groups excluding carboxylic acids is 4. The minimum absolute atomic E-state index is 0.119. The SMILES string of the molecule is CC[CH]([Co][CH2]C(C)C(=O)Nc1cccc(NC(=O)/C(=N\Nc2cccc(NC(N)=O)c2)C(C)=O)c1)c1ccccc1. The summed E-state index contributed by atoms with van der Waals surface area (Å²) in [5.74, 6) is -1.62. The van der Waals surface area contributed by atoms with E-state index >= 15 is 0 Å². The Hall–Kier alpha value is -4.48. The van der Waals surface area contributed by atoms with Gasteiger partial charge in [0.2, 0.25) is 0 Å². The van der Waals surface area contributed by atoms with Crippen LogP contribution >= 0.6 is 0 Å². The molecule has 0 aromatic heterocycles. The van der Waals surface area contributed by atoms with E-state index in [1.807, 2.05) is 25.1 Å². The van der Waals surface area contributed by atoms with Gasteiger partial charge in [-0.3, -0.25) is 0 Å². The van der Waals surface area contributed by atoms with Crippen LogP contribution in [0.2, 0.25) is 5.36 Å². The monoisotopic (exact) mass is 601 g/mol. The van der Waals surface area contributed by atoms with Crippen LogP contribution in [-0.4, -0.2) is 29.3 Å². The van der Waals surface area contributed by atoms with Crippen molar-refractivity contribution in [3.63, 3.8) is 0 Å². The third-order valence-electron chi connectivity index (χ3n) is 5.74. The summed E-state index contributed by atoms with van der Waals surface area (Å²) in [6.45, 7) is 5.27. The van der Waals surface area contributed by atoms with Crippen LogP contribution in [0.25, 0.3) is 0 Å². The Morgan fingerprint density at radius 2 is 1.41 bits per heavy atom. The van der Waals surface area contributed by atoms with E-state index in [4.69, 9.17) is 5.73 Å². The molecule has 0 aliphatic heterocycles. The Kier molecular flexibility index (Phi) is 11.6. The van der Waals surface area contributed by atoms with E-state index < -0.39 is 17.7 Å². The first kappa shape index (κ1) is 31.0. The van der Waals surface area contributed by atoms with Crippen molar-refractivity contribution < 1.29 is 33.9 Å². The van der Waals surface area contributed by atoms with E-state index in [-0.39, 0.29) is 17.5 Å². The zero-order valence-corrected chi connectivity index (χ0v) is 24.1. The molecule has 0 radical (unpaired) electrons. The molecule has 0 heterocycles. The van der Waals surface area contributed by atoms with Gasteiger partial charge in [-0.15, -0.1) is 0 Å². The quantitative estimate of drug-likeness (QED) is 0.101. The molecule has 0 fully saturated rings. The Morgan fingerprint density at radius 3 is 2.02 bits per heavy atom. The van der Waals surface area contributed by atoms with Crippen molar-refractivity contribution in [1.82, 2.24) is 0 Å². The van der Waals surface area contributed by atoms with Crippen LogP contribution in [0.5, 0.6) is 0 Å². The molecule has 0 bridgehead atoms. The summed E-state index contributed by atoms with van der Waals surface area (Å²) in [5, 5.41) is 12.7. The van der Waals surface area contributed by atoms with Gasteiger partial charge in [-0.05, 0) is 18.2 Å². The summed E-state index contributed by atoms with van der Waals surface area (Å²) >= 11 is 1.22. The van der Waals surface area contributed by atoms with Crippen LogP contribution in [0.1, 0.15) is 37.6 Å². The topological polar surface area (TPSA) is 155 Å². The average Bonchev–Trinajstić information content (AvgIpc) is 2.94. The molecule has 3 rings (SSSR count).